The fourth-order valence-electron chi connectivity index (χ4n) is 2.45. The number of anilines is 2. The van der Waals surface area contributed by atoms with E-state index in [2.05, 4.69) is 16.9 Å². The van der Waals surface area contributed by atoms with E-state index in [0.29, 0.717) is 28.3 Å². The van der Waals surface area contributed by atoms with E-state index in [0.717, 1.165) is 11.3 Å². The van der Waals surface area contributed by atoms with Gasteiger partial charge in [0.25, 0.3) is 5.91 Å². The molecule has 4 N–H and O–H groups in total. The number of fused-ring (bicyclic) bond motifs is 1. The van der Waals surface area contributed by atoms with E-state index in [1.54, 1.807) is 31.5 Å². The molecule has 106 valence electrons. The molecule has 0 atom stereocenters. The molecule has 21 heavy (non-hydrogen) atoms. The molecule has 1 aromatic carbocycles. The van der Waals surface area contributed by atoms with Crippen molar-refractivity contribution in [3.63, 3.8) is 0 Å². The molecule has 3 rings (SSSR count). The molecule has 1 aromatic heterocycles. The van der Waals surface area contributed by atoms with Gasteiger partial charge in [0.05, 0.1) is 24.1 Å². The Morgan fingerprint density at radius 3 is 2.86 bits per heavy atom. The summed E-state index contributed by atoms with van der Waals surface area (Å²) in [4.78, 5) is 15.2. The quantitative estimate of drug-likeness (QED) is 0.597. The van der Waals surface area contributed by atoms with E-state index >= 15 is 0 Å². The first-order valence-electron chi connectivity index (χ1n) is 6.45. The molecule has 1 amide bonds. The second-order valence-corrected chi connectivity index (χ2v) is 4.67. The number of aromatic nitrogens is 1. The number of carbonyl (C=O) groups is 1. The number of hydrogen-bond donors (Lipinski definition) is 3. The highest BCUT2D eigenvalue weighted by Gasteiger charge is 2.27. The molecular formula is C16H15N3O2. The number of amides is 1. The first-order valence-corrected chi connectivity index (χ1v) is 6.45. The minimum absolute atomic E-state index is 0.186. The molecule has 0 saturated heterocycles. The van der Waals surface area contributed by atoms with Crippen LogP contribution < -0.4 is 15.8 Å². The minimum Gasteiger partial charge on any atom is -0.495 e. The van der Waals surface area contributed by atoms with Gasteiger partial charge in [-0.05, 0) is 23.8 Å². The molecule has 5 nitrogen and oxygen atoms in total. The Kier molecular flexibility index (Phi) is 3.02. The van der Waals surface area contributed by atoms with Crippen molar-refractivity contribution >= 4 is 35.0 Å². The normalized spacial score (nSPS) is 14.9. The topological polar surface area (TPSA) is 80.1 Å². The van der Waals surface area contributed by atoms with Gasteiger partial charge in [0.1, 0.15) is 5.75 Å². The Morgan fingerprint density at radius 2 is 2.14 bits per heavy atom. The van der Waals surface area contributed by atoms with Crippen LogP contribution in [0.25, 0.3) is 17.7 Å². The second-order valence-electron chi connectivity index (χ2n) is 4.67. The average Bonchev–Trinajstić information content (AvgIpc) is 3.05. The van der Waals surface area contributed by atoms with Crippen molar-refractivity contribution in [1.29, 1.82) is 0 Å². The van der Waals surface area contributed by atoms with Crippen LogP contribution in [0.15, 0.2) is 31.0 Å². The summed E-state index contributed by atoms with van der Waals surface area (Å²) in [5.74, 6) is 0.483. The lowest BCUT2D eigenvalue weighted by Gasteiger charge is -2.07. The zero-order chi connectivity index (χ0) is 15.0. The molecule has 0 bridgehead atoms. The second kappa shape index (κ2) is 4.86. The molecular weight excluding hydrogens is 266 g/mol. The largest absolute Gasteiger partial charge is 0.495 e. The van der Waals surface area contributed by atoms with Crippen molar-refractivity contribution in [3.05, 3.63) is 47.8 Å². The standard InChI is InChI=1S/C16H15N3O2/c1-3-9-4-5-11-14(15(9)17)10(16(20)19-11)8-12-13(21-2)6-7-18-12/h3-8,18H,1,17H2,2H3,(H,19,20)/b10-8-. The van der Waals surface area contributed by atoms with Gasteiger partial charge in [-0.15, -0.1) is 0 Å². The van der Waals surface area contributed by atoms with E-state index in [-0.39, 0.29) is 5.91 Å². The number of ether oxygens (including phenoxy) is 1. The van der Waals surface area contributed by atoms with Crippen LogP contribution >= 0.6 is 0 Å². The van der Waals surface area contributed by atoms with Crippen molar-refractivity contribution in [2.24, 2.45) is 0 Å². The van der Waals surface area contributed by atoms with Crippen LogP contribution in [0.5, 0.6) is 5.75 Å². The highest BCUT2D eigenvalue weighted by atomic mass is 16.5. The van der Waals surface area contributed by atoms with Gasteiger partial charge in [0.2, 0.25) is 0 Å². The molecule has 0 aliphatic carbocycles. The highest BCUT2D eigenvalue weighted by molar-refractivity contribution is 6.36. The summed E-state index contributed by atoms with van der Waals surface area (Å²) in [5.41, 5.74) is 10.1. The van der Waals surface area contributed by atoms with Gasteiger partial charge in [-0.2, -0.15) is 0 Å². The van der Waals surface area contributed by atoms with Crippen LogP contribution in [0.3, 0.4) is 0 Å². The smallest absolute Gasteiger partial charge is 0.256 e. The Hall–Kier alpha value is -2.95. The fraction of sp³-hybridized carbons (Fsp3) is 0.0625. The lowest BCUT2D eigenvalue weighted by molar-refractivity contribution is -0.110. The molecule has 0 spiro atoms. The minimum atomic E-state index is -0.186. The van der Waals surface area contributed by atoms with Crippen molar-refractivity contribution in [3.8, 4) is 5.75 Å². The molecule has 0 radical (unpaired) electrons. The van der Waals surface area contributed by atoms with Crippen molar-refractivity contribution in [2.75, 3.05) is 18.2 Å². The Bertz CT molecular complexity index is 772. The summed E-state index contributed by atoms with van der Waals surface area (Å²) >= 11 is 0. The third kappa shape index (κ3) is 1.99. The van der Waals surface area contributed by atoms with Crippen LogP contribution in [0, 0.1) is 0 Å². The van der Waals surface area contributed by atoms with E-state index in [9.17, 15) is 4.79 Å². The number of nitrogens with two attached hydrogens (primary N) is 1. The lowest BCUT2D eigenvalue weighted by atomic mass is 10.00. The van der Waals surface area contributed by atoms with Gasteiger partial charge in [0.15, 0.2) is 0 Å². The Labute approximate surface area is 122 Å². The maximum absolute atomic E-state index is 12.2. The van der Waals surface area contributed by atoms with Crippen LogP contribution in [-0.2, 0) is 4.79 Å². The average molecular weight is 281 g/mol. The third-order valence-electron chi connectivity index (χ3n) is 3.51. The number of H-pyrrole nitrogens is 1. The summed E-state index contributed by atoms with van der Waals surface area (Å²) in [6, 6.07) is 5.46. The van der Waals surface area contributed by atoms with E-state index in [1.807, 2.05) is 12.1 Å². The van der Waals surface area contributed by atoms with E-state index < -0.39 is 0 Å². The van der Waals surface area contributed by atoms with Crippen LogP contribution in [0.2, 0.25) is 0 Å². The van der Waals surface area contributed by atoms with Gasteiger partial charge >= 0.3 is 0 Å². The predicted molar refractivity (Wildman–Crippen MR) is 84.8 cm³/mol. The molecule has 0 saturated carbocycles. The zero-order valence-electron chi connectivity index (χ0n) is 11.6. The maximum atomic E-state index is 12.2. The number of carbonyl (C=O) groups excluding carboxylic acids is 1. The molecule has 2 heterocycles. The number of hydrogen-bond acceptors (Lipinski definition) is 3. The summed E-state index contributed by atoms with van der Waals surface area (Å²) in [6.45, 7) is 3.73. The predicted octanol–water partition coefficient (Wildman–Crippen LogP) is 2.74. The fourth-order valence-corrected chi connectivity index (χ4v) is 2.45. The number of methoxy groups -OCH3 is 1. The van der Waals surface area contributed by atoms with Crippen LogP contribution in [0.4, 0.5) is 11.4 Å². The number of rotatable bonds is 3. The van der Waals surface area contributed by atoms with Gasteiger partial charge in [0, 0.05) is 17.4 Å². The SMILES string of the molecule is C=Cc1ccc2c(c1N)/C(=C/c1[nH]ccc1OC)C(=O)N2. The third-order valence-corrected chi connectivity index (χ3v) is 3.51. The number of benzene rings is 1. The van der Waals surface area contributed by atoms with Crippen LogP contribution in [0.1, 0.15) is 16.8 Å². The molecule has 0 unspecified atom stereocenters. The summed E-state index contributed by atoms with van der Waals surface area (Å²) < 4.78 is 5.24. The number of nitrogen functional groups attached to an aromatic ring is 1. The van der Waals surface area contributed by atoms with Crippen molar-refractivity contribution in [2.45, 2.75) is 0 Å². The van der Waals surface area contributed by atoms with Crippen molar-refractivity contribution < 1.29 is 9.53 Å². The lowest BCUT2D eigenvalue weighted by Crippen LogP contribution is -2.03. The number of nitrogens with one attached hydrogen (secondary N) is 2. The zero-order valence-corrected chi connectivity index (χ0v) is 11.6. The van der Waals surface area contributed by atoms with Gasteiger partial charge in [-0.3, -0.25) is 4.79 Å². The summed E-state index contributed by atoms with van der Waals surface area (Å²) in [7, 11) is 1.58. The number of aromatic amines is 1. The molecule has 5 heteroatoms. The first-order chi connectivity index (χ1) is 10.2. The van der Waals surface area contributed by atoms with Gasteiger partial charge in [-0.1, -0.05) is 18.7 Å². The first kappa shape index (κ1) is 13.1. The van der Waals surface area contributed by atoms with E-state index in [4.69, 9.17) is 10.5 Å². The molecule has 0 fully saturated rings. The van der Waals surface area contributed by atoms with Gasteiger partial charge in [-0.25, -0.2) is 0 Å². The Morgan fingerprint density at radius 1 is 1.33 bits per heavy atom. The summed E-state index contributed by atoms with van der Waals surface area (Å²) in [5, 5.41) is 2.81. The van der Waals surface area contributed by atoms with Crippen LogP contribution in [-0.4, -0.2) is 18.0 Å². The van der Waals surface area contributed by atoms with Crippen molar-refractivity contribution in [1.82, 2.24) is 4.98 Å². The maximum Gasteiger partial charge on any atom is 0.256 e. The monoisotopic (exact) mass is 281 g/mol. The molecule has 2 aromatic rings. The van der Waals surface area contributed by atoms with E-state index in [1.165, 1.54) is 0 Å². The molecule has 1 aliphatic rings. The summed E-state index contributed by atoms with van der Waals surface area (Å²) in [6.07, 6.45) is 5.16. The van der Waals surface area contributed by atoms with Gasteiger partial charge < -0.3 is 20.8 Å². The molecule has 1 aliphatic heterocycles. The Balaban J connectivity index is 2.18. The highest BCUT2D eigenvalue weighted by Crippen LogP contribution is 2.39.